The minimum absolute atomic E-state index is 0.0501. The molecular weight excluding hydrogens is 224 g/mol. The van der Waals surface area contributed by atoms with Crippen LogP contribution in [0.2, 0.25) is 5.02 Å². The van der Waals surface area contributed by atoms with Gasteiger partial charge in [-0.3, -0.25) is 0 Å². The maximum absolute atomic E-state index is 9.68. The van der Waals surface area contributed by atoms with Crippen LogP contribution in [-0.2, 0) is 6.42 Å². The van der Waals surface area contributed by atoms with Crippen LogP contribution in [0.3, 0.4) is 0 Å². The normalized spacial score (nSPS) is 24.7. The molecule has 0 saturated heterocycles. The molecular formula is C13H17ClO2. The third-order valence-corrected chi connectivity index (χ3v) is 3.47. The molecule has 1 aliphatic carbocycles. The van der Waals surface area contributed by atoms with E-state index in [1.165, 1.54) is 0 Å². The molecule has 0 aliphatic heterocycles. The number of aliphatic hydroxyl groups is 1. The van der Waals surface area contributed by atoms with Crippen molar-refractivity contribution < 1.29 is 9.84 Å². The molecule has 1 fully saturated rings. The molecule has 1 aromatic carbocycles. The molecule has 2 nitrogen and oxygen atoms in total. The summed E-state index contributed by atoms with van der Waals surface area (Å²) in [7, 11) is 0. The van der Waals surface area contributed by atoms with E-state index in [9.17, 15) is 5.11 Å². The molecule has 0 bridgehead atoms. The molecule has 0 spiro atoms. The molecule has 88 valence electrons. The zero-order valence-electron chi connectivity index (χ0n) is 9.45. The first-order valence-electron chi connectivity index (χ1n) is 5.84. The molecule has 1 aromatic rings. The Morgan fingerprint density at radius 1 is 1.44 bits per heavy atom. The van der Waals surface area contributed by atoms with Crippen LogP contribution in [0.1, 0.15) is 31.7 Å². The zero-order chi connectivity index (χ0) is 11.5. The number of hydrogen-bond acceptors (Lipinski definition) is 2. The highest BCUT2D eigenvalue weighted by Gasteiger charge is 2.26. The van der Waals surface area contributed by atoms with Crippen molar-refractivity contribution in [3.05, 3.63) is 28.8 Å². The van der Waals surface area contributed by atoms with Crippen molar-refractivity contribution in [2.45, 2.75) is 44.8 Å². The Bertz CT molecular complexity index is 365. The van der Waals surface area contributed by atoms with Crippen molar-refractivity contribution in [3.63, 3.8) is 0 Å². The molecule has 1 N–H and O–H groups in total. The summed E-state index contributed by atoms with van der Waals surface area (Å²) in [5.74, 6) is 0.812. The minimum Gasteiger partial charge on any atom is -0.488 e. The van der Waals surface area contributed by atoms with E-state index in [0.29, 0.717) is 0 Å². The third kappa shape index (κ3) is 2.50. The molecule has 16 heavy (non-hydrogen) atoms. The predicted octanol–water partition coefficient (Wildman–Crippen LogP) is 3.19. The van der Waals surface area contributed by atoms with Gasteiger partial charge in [-0.2, -0.15) is 0 Å². The maximum Gasteiger partial charge on any atom is 0.124 e. The number of ether oxygens (including phenoxy) is 1. The fraction of sp³-hybridized carbons (Fsp3) is 0.538. The third-order valence-electron chi connectivity index (χ3n) is 3.10. The molecule has 2 atom stereocenters. The van der Waals surface area contributed by atoms with Gasteiger partial charge in [0, 0.05) is 5.02 Å². The van der Waals surface area contributed by atoms with E-state index in [2.05, 4.69) is 6.92 Å². The van der Waals surface area contributed by atoms with Crippen LogP contribution < -0.4 is 4.74 Å². The first-order valence-corrected chi connectivity index (χ1v) is 6.21. The fourth-order valence-corrected chi connectivity index (χ4v) is 2.37. The van der Waals surface area contributed by atoms with Gasteiger partial charge >= 0.3 is 0 Å². The largest absolute Gasteiger partial charge is 0.488 e. The highest BCUT2D eigenvalue weighted by molar-refractivity contribution is 6.31. The Hall–Kier alpha value is -0.730. The van der Waals surface area contributed by atoms with Gasteiger partial charge in [0.25, 0.3) is 0 Å². The van der Waals surface area contributed by atoms with E-state index in [1.54, 1.807) is 0 Å². The highest BCUT2D eigenvalue weighted by atomic mass is 35.5. The Morgan fingerprint density at radius 2 is 2.25 bits per heavy atom. The lowest BCUT2D eigenvalue weighted by Gasteiger charge is -2.17. The van der Waals surface area contributed by atoms with E-state index in [0.717, 1.165) is 42.0 Å². The highest BCUT2D eigenvalue weighted by Crippen LogP contribution is 2.27. The topological polar surface area (TPSA) is 29.5 Å². The zero-order valence-corrected chi connectivity index (χ0v) is 10.2. The van der Waals surface area contributed by atoms with Gasteiger partial charge < -0.3 is 9.84 Å². The van der Waals surface area contributed by atoms with Gasteiger partial charge in [-0.15, -0.1) is 0 Å². The molecule has 1 saturated carbocycles. The second-order valence-electron chi connectivity index (χ2n) is 4.26. The van der Waals surface area contributed by atoms with Crippen LogP contribution in [0.25, 0.3) is 0 Å². The fourth-order valence-electron chi connectivity index (χ4n) is 2.11. The van der Waals surface area contributed by atoms with Crippen LogP contribution >= 0.6 is 11.6 Å². The molecule has 0 aromatic heterocycles. The Kier molecular flexibility index (Phi) is 3.72. The summed E-state index contributed by atoms with van der Waals surface area (Å²) in [4.78, 5) is 0. The van der Waals surface area contributed by atoms with Gasteiger partial charge in [0.05, 0.1) is 6.10 Å². The van der Waals surface area contributed by atoms with Crippen molar-refractivity contribution in [1.82, 2.24) is 0 Å². The first kappa shape index (κ1) is 11.7. The van der Waals surface area contributed by atoms with Crippen molar-refractivity contribution in [2.75, 3.05) is 0 Å². The summed E-state index contributed by atoms with van der Waals surface area (Å²) < 4.78 is 5.78. The van der Waals surface area contributed by atoms with Crippen LogP contribution in [0.15, 0.2) is 18.2 Å². The van der Waals surface area contributed by atoms with Crippen LogP contribution in [0.5, 0.6) is 5.75 Å². The summed E-state index contributed by atoms with van der Waals surface area (Å²) in [6, 6.07) is 5.69. The SMILES string of the molecule is CCc1cc(O[C@H]2CCC[C@@H]2O)ccc1Cl. The summed E-state index contributed by atoms with van der Waals surface area (Å²) in [5.41, 5.74) is 1.09. The monoisotopic (exact) mass is 240 g/mol. The van der Waals surface area contributed by atoms with Gasteiger partial charge in [-0.25, -0.2) is 0 Å². The molecule has 2 rings (SSSR count). The summed E-state index contributed by atoms with van der Waals surface area (Å²) in [5, 5.41) is 10.5. The van der Waals surface area contributed by atoms with Crippen LogP contribution in [0.4, 0.5) is 0 Å². The molecule has 0 amide bonds. The number of aliphatic hydroxyl groups excluding tert-OH is 1. The Balaban J connectivity index is 2.09. The number of benzene rings is 1. The average molecular weight is 241 g/mol. The number of hydrogen-bond donors (Lipinski definition) is 1. The maximum atomic E-state index is 9.68. The van der Waals surface area contributed by atoms with E-state index in [1.807, 2.05) is 18.2 Å². The number of aryl methyl sites for hydroxylation is 1. The van der Waals surface area contributed by atoms with Crippen molar-refractivity contribution >= 4 is 11.6 Å². The van der Waals surface area contributed by atoms with Crippen LogP contribution in [0, 0.1) is 0 Å². The van der Waals surface area contributed by atoms with Gasteiger partial charge in [0.2, 0.25) is 0 Å². The van der Waals surface area contributed by atoms with E-state index in [-0.39, 0.29) is 12.2 Å². The first-order chi connectivity index (χ1) is 7.70. The van der Waals surface area contributed by atoms with E-state index < -0.39 is 0 Å². The molecule has 0 unspecified atom stereocenters. The van der Waals surface area contributed by atoms with Gasteiger partial charge in [0.15, 0.2) is 0 Å². The summed E-state index contributed by atoms with van der Waals surface area (Å²) in [6.45, 7) is 2.06. The summed E-state index contributed by atoms with van der Waals surface area (Å²) >= 11 is 6.04. The lowest BCUT2D eigenvalue weighted by molar-refractivity contribution is 0.0603. The Labute approximate surface area is 101 Å². The lowest BCUT2D eigenvalue weighted by atomic mass is 10.1. The minimum atomic E-state index is -0.319. The van der Waals surface area contributed by atoms with E-state index in [4.69, 9.17) is 16.3 Å². The van der Waals surface area contributed by atoms with Gasteiger partial charge in [-0.05, 0) is 49.4 Å². The van der Waals surface area contributed by atoms with Gasteiger partial charge in [-0.1, -0.05) is 18.5 Å². The van der Waals surface area contributed by atoms with Crippen molar-refractivity contribution in [1.29, 1.82) is 0 Å². The second-order valence-corrected chi connectivity index (χ2v) is 4.67. The average Bonchev–Trinajstić information content (AvgIpc) is 2.67. The van der Waals surface area contributed by atoms with Crippen molar-refractivity contribution in [2.24, 2.45) is 0 Å². The van der Waals surface area contributed by atoms with Crippen LogP contribution in [-0.4, -0.2) is 17.3 Å². The lowest BCUT2D eigenvalue weighted by Crippen LogP contribution is -2.25. The quantitative estimate of drug-likeness (QED) is 0.879. The standard InChI is InChI=1S/C13H17ClO2/c1-2-9-8-10(6-7-11(9)14)16-13-5-3-4-12(13)15/h6-8,12-13,15H,2-5H2,1H3/t12-,13-/m0/s1. The number of rotatable bonds is 3. The summed E-state index contributed by atoms with van der Waals surface area (Å²) in [6.07, 6.45) is 3.35. The molecule has 0 heterocycles. The second kappa shape index (κ2) is 5.07. The Morgan fingerprint density at radius 3 is 2.88 bits per heavy atom. The van der Waals surface area contributed by atoms with E-state index >= 15 is 0 Å². The number of halogens is 1. The van der Waals surface area contributed by atoms with Crippen molar-refractivity contribution in [3.8, 4) is 5.75 Å². The predicted molar refractivity (Wildman–Crippen MR) is 65.1 cm³/mol. The molecule has 1 aliphatic rings. The molecule has 0 radical (unpaired) electrons. The van der Waals surface area contributed by atoms with Gasteiger partial charge in [0.1, 0.15) is 11.9 Å². The smallest absolute Gasteiger partial charge is 0.124 e. The molecule has 3 heteroatoms.